The molecule has 6 nitrogen and oxygen atoms in total. The Morgan fingerprint density at radius 2 is 2.15 bits per heavy atom. The van der Waals surface area contributed by atoms with E-state index in [1.54, 1.807) is 11.4 Å². The van der Waals surface area contributed by atoms with Gasteiger partial charge in [-0.2, -0.15) is 17.4 Å². The zero-order valence-electron chi connectivity index (χ0n) is 12.6. The normalized spacial score (nSPS) is 34.7. The van der Waals surface area contributed by atoms with Gasteiger partial charge in [0.1, 0.15) is 0 Å². The van der Waals surface area contributed by atoms with E-state index >= 15 is 0 Å². The molecule has 0 radical (unpaired) electrons. The minimum absolute atomic E-state index is 0.0595. The molecule has 1 aliphatic heterocycles. The lowest BCUT2D eigenvalue weighted by Crippen LogP contribution is -2.63. The molecule has 0 aromatic carbocycles. The smallest absolute Gasteiger partial charge is 0.279 e. The van der Waals surface area contributed by atoms with Crippen LogP contribution in [0.3, 0.4) is 0 Å². The van der Waals surface area contributed by atoms with E-state index in [0.29, 0.717) is 19.6 Å². The van der Waals surface area contributed by atoms with Crippen molar-refractivity contribution in [3.63, 3.8) is 0 Å². The number of ether oxygens (including phenoxy) is 1. The van der Waals surface area contributed by atoms with Gasteiger partial charge in [-0.15, -0.1) is 0 Å². The van der Waals surface area contributed by atoms with Gasteiger partial charge in [-0.25, -0.2) is 0 Å². The van der Waals surface area contributed by atoms with Crippen LogP contribution in [-0.2, 0) is 14.9 Å². The Morgan fingerprint density at radius 3 is 2.70 bits per heavy atom. The Kier molecular flexibility index (Phi) is 4.76. The molecule has 0 spiro atoms. The molecular weight excluding hydrogens is 278 g/mol. The van der Waals surface area contributed by atoms with Crippen LogP contribution >= 0.6 is 0 Å². The lowest BCUT2D eigenvalue weighted by Gasteiger charge is -2.51. The van der Waals surface area contributed by atoms with E-state index in [1.165, 1.54) is 0 Å². The summed E-state index contributed by atoms with van der Waals surface area (Å²) >= 11 is 0. The standard InChI is InChI=1S/C13H27N3O3S/c1-13(2)11(7-12(13)19-3)15-20(17,18)16-6-4-5-10(8-14)9-16/h10-12,15H,4-9,14H2,1-3H3. The van der Waals surface area contributed by atoms with E-state index in [1.807, 2.05) is 13.8 Å². The third-order valence-corrected chi connectivity index (χ3v) is 6.50. The van der Waals surface area contributed by atoms with E-state index in [9.17, 15) is 8.42 Å². The summed E-state index contributed by atoms with van der Waals surface area (Å²) in [4.78, 5) is 0. The molecule has 2 rings (SSSR count). The van der Waals surface area contributed by atoms with Crippen LogP contribution in [0.25, 0.3) is 0 Å². The maximum atomic E-state index is 12.5. The number of piperidine rings is 1. The third-order valence-electron chi connectivity index (χ3n) is 4.91. The average molecular weight is 305 g/mol. The van der Waals surface area contributed by atoms with Gasteiger partial charge in [-0.1, -0.05) is 13.8 Å². The number of nitrogens with two attached hydrogens (primary N) is 1. The lowest BCUT2D eigenvalue weighted by atomic mass is 9.65. The number of methoxy groups -OCH3 is 1. The van der Waals surface area contributed by atoms with Gasteiger partial charge in [-0.05, 0) is 31.7 Å². The summed E-state index contributed by atoms with van der Waals surface area (Å²) in [5.74, 6) is 0.279. The first kappa shape index (κ1) is 16.2. The largest absolute Gasteiger partial charge is 0.381 e. The van der Waals surface area contributed by atoms with E-state index in [-0.39, 0.29) is 23.5 Å². The van der Waals surface area contributed by atoms with Crippen LogP contribution in [0.2, 0.25) is 0 Å². The molecule has 118 valence electrons. The maximum Gasteiger partial charge on any atom is 0.279 e. The van der Waals surface area contributed by atoms with Crippen LogP contribution in [0.5, 0.6) is 0 Å². The SMILES string of the molecule is COC1CC(NS(=O)(=O)N2CCCC(CN)C2)C1(C)C. The molecule has 0 amide bonds. The van der Waals surface area contributed by atoms with Gasteiger partial charge in [0.2, 0.25) is 0 Å². The summed E-state index contributed by atoms with van der Waals surface area (Å²) in [5, 5.41) is 0. The van der Waals surface area contributed by atoms with Gasteiger partial charge in [0.25, 0.3) is 10.2 Å². The Hall–Kier alpha value is -0.210. The molecule has 1 saturated heterocycles. The second-order valence-corrected chi connectivity index (χ2v) is 8.26. The summed E-state index contributed by atoms with van der Waals surface area (Å²) < 4.78 is 34.7. The van der Waals surface area contributed by atoms with Crippen molar-refractivity contribution >= 4 is 10.2 Å². The van der Waals surface area contributed by atoms with Gasteiger partial charge in [0, 0.05) is 31.7 Å². The van der Waals surface area contributed by atoms with Crippen molar-refractivity contribution in [1.82, 2.24) is 9.03 Å². The second-order valence-electron chi connectivity index (χ2n) is 6.56. The van der Waals surface area contributed by atoms with E-state index in [4.69, 9.17) is 10.5 Å². The van der Waals surface area contributed by atoms with Gasteiger partial charge in [0.05, 0.1) is 6.10 Å². The zero-order valence-corrected chi connectivity index (χ0v) is 13.4. The Balaban J connectivity index is 1.98. The Morgan fingerprint density at radius 1 is 1.45 bits per heavy atom. The second kappa shape index (κ2) is 5.88. The summed E-state index contributed by atoms with van der Waals surface area (Å²) in [5.41, 5.74) is 5.51. The first-order chi connectivity index (χ1) is 9.31. The van der Waals surface area contributed by atoms with Crippen molar-refractivity contribution in [3.8, 4) is 0 Å². The number of hydrogen-bond acceptors (Lipinski definition) is 4. The minimum atomic E-state index is -3.42. The number of rotatable bonds is 5. The van der Waals surface area contributed by atoms with Crippen molar-refractivity contribution in [1.29, 1.82) is 0 Å². The van der Waals surface area contributed by atoms with Gasteiger partial charge >= 0.3 is 0 Å². The molecule has 3 N–H and O–H groups in total. The molecule has 2 fully saturated rings. The number of hydrogen-bond donors (Lipinski definition) is 2. The molecule has 0 aromatic rings. The number of nitrogens with one attached hydrogen (secondary N) is 1. The Labute approximate surface area is 122 Å². The fraction of sp³-hybridized carbons (Fsp3) is 1.00. The molecule has 3 unspecified atom stereocenters. The maximum absolute atomic E-state index is 12.5. The predicted molar refractivity (Wildman–Crippen MR) is 78.4 cm³/mol. The molecule has 1 saturated carbocycles. The molecule has 7 heteroatoms. The van der Waals surface area contributed by atoms with Gasteiger partial charge in [0.15, 0.2) is 0 Å². The molecular formula is C13H27N3O3S. The predicted octanol–water partition coefficient (Wildman–Crippen LogP) is 0.305. The van der Waals surface area contributed by atoms with Crippen molar-refractivity contribution < 1.29 is 13.2 Å². The lowest BCUT2D eigenvalue weighted by molar-refractivity contribution is -0.0912. The molecule has 0 bridgehead atoms. The van der Waals surface area contributed by atoms with Crippen LogP contribution in [0.1, 0.15) is 33.1 Å². The highest BCUT2D eigenvalue weighted by Gasteiger charge is 2.50. The third kappa shape index (κ3) is 3.01. The average Bonchev–Trinajstić information content (AvgIpc) is 2.43. The van der Waals surface area contributed by atoms with Crippen molar-refractivity contribution in [2.45, 2.75) is 45.3 Å². The minimum Gasteiger partial charge on any atom is -0.381 e. The van der Waals surface area contributed by atoms with Crippen molar-refractivity contribution in [3.05, 3.63) is 0 Å². The van der Waals surface area contributed by atoms with Gasteiger partial charge < -0.3 is 10.5 Å². The molecule has 20 heavy (non-hydrogen) atoms. The number of nitrogens with zero attached hydrogens (tertiary/aromatic N) is 1. The molecule has 1 aliphatic carbocycles. The Bertz CT molecular complexity index is 438. The molecule has 1 heterocycles. The fourth-order valence-electron chi connectivity index (χ4n) is 3.18. The van der Waals surface area contributed by atoms with E-state index < -0.39 is 10.2 Å². The fourth-order valence-corrected chi connectivity index (χ4v) is 4.86. The first-order valence-corrected chi connectivity index (χ1v) is 8.75. The summed E-state index contributed by atoms with van der Waals surface area (Å²) in [7, 11) is -1.74. The highest BCUT2D eigenvalue weighted by Crippen LogP contribution is 2.42. The zero-order chi connectivity index (χ0) is 15.0. The van der Waals surface area contributed by atoms with Crippen LogP contribution in [0.4, 0.5) is 0 Å². The topological polar surface area (TPSA) is 84.7 Å². The van der Waals surface area contributed by atoms with E-state index in [0.717, 1.165) is 19.3 Å². The summed E-state index contributed by atoms with van der Waals surface area (Å²) in [6, 6.07) is -0.0595. The molecule has 2 aliphatic rings. The summed E-state index contributed by atoms with van der Waals surface area (Å²) in [6.45, 7) is 5.75. The monoisotopic (exact) mass is 305 g/mol. The molecule has 0 aromatic heterocycles. The van der Waals surface area contributed by atoms with Crippen LogP contribution < -0.4 is 10.5 Å². The highest BCUT2D eigenvalue weighted by atomic mass is 32.2. The van der Waals surface area contributed by atoms with Gasteiger partial charge in [-0.3, -0.25) is 0 Å². The van der Waals surface area contributed by atoms with Crippen LogP contribution in [-0.4, -0.2) is 51.6 Å². The van der Waals surface area contributed by atoms with Crippen molar-refractivity contribution in [2.75, 3.05) is 26.7 Å². The van der Waals surface area contributed by atoms with E-state index in [2.05, 4.69) is 4.72 Å². The van der Waals surface area contributed by atoms with Crippen LogP contribution in [0.15, 0.2) is 0 Å². The summed E-state index contributed by atoms with van der Waals surface area (Å²) in [6.07, 6.45) is 2.76. The van der Waals surface area contributed by atoms with Crippen LogP contribution in [0, 0.1) is 11.3 Å². The first-order valence-electron chi connectivity index (χ1n) is 7.31. The molecule has 3 atom stereocenters. The highest BCUT2D eigenvalue weighted by molar-refractivity contribution is 7.87. The quantitative estimate of drug-likeness (QED) is 0.765. The van der Waals surface area contributed by atoms with Crippen molar-refractivity contribution in [2.24, 2.45) is 17.1 Å².